The van der Waals surface area contributed by atoms with Gasteiger partial charge >= 0.3 is 0 Å². The Morgan fingerprint density at radius 3 is 1.20 bits per heavy atom. The summed E-state index contributed by atoms with van der Waals surface area (Å²) in [5, 5.41) is 3.49. The minimum absolute atomic E-state index is 0.386. The van der Waals surface area contributed by atoms with Crippen molar-refractivity contribution >= 4 is 35.0 Å². The van der Waals surface area contributed by atoms with Crippen LogP contribution >= 0.6 is 0 Å². The zero-order valence-corrected chi connectivity index (χ0v) is 20.9. The van der Waals surface area contributed by atoms with Gasteiger partial charge in [-0.3, -0.25) is 19.2 Å². The van der Waals surface area contributed by atoms with Gasteiger partial charge in [0.15, 0.2) is 0 Å². The van der Waals surface area contributed by atoms with Crippen LogP contribution in [0.5, 0.6) is 0 Å². The lowest BCUT2D eigenvalue weighted by Crippen LogP contribution is -2.50. The van der Waals surface area contributed by atoms with Crippen LogP contribution in [0.3, 0.4) is 0 Å². The van der Waals surface area contributed by atoms with Crippen LogP contribution in [-0.2, 0) is 19.2 Å². The zero-order valence-electron chi connectivity index (χ0n) is 20.9. The van der Waals surface area contributed by atoms with Crippen molar-refractivity contribution in [3.05, 3.63) is 109 Å². The molecule has 0 unspecified atom stereocenters. The highest BCUT2D eigenvalue weighted by Crippen LogP contribution is 2.59. The lowest BCUT2D eigenvalue weighted by atomic mass is 9.87. The Morgan fingerprint density at radius 2 is 0.850 bits per heavy atom. The first kappa shape index (κ1) is 23.1. The standard InChI is InChI=1S/C30H22N4O6/c35-27-21-23(19-13-7-15-39-19)34-26-22(28(36)32(30(26)38)18-11-5-2-6-12-18)24(20-14-8-16-40-20)33(34)25(21)29(37)31(27)17-9-3-1-4-10-17/h1-16,21-26H/t21-,22-,23-,24+,25+,26-/m1/s1. The van der Waals surface area contributed by atoms with Crippen LogP contribution < -0.4 is 9.80 Å². The fraction of sp³-hybridized carbons (Fsp3) is 0.200. The number of hydrazine groups is 1. The Bertz CT molecular complexity index is 1510. The SMILES string of the molecule is O=C1[C@H]2[C@@H](C(=O)N1c1ccccc1)N1[C@@H](c3ccco3)[C@H]3C(=O)N(c4ccccc4)C(=O)[C@@H]3N1[C@@H]2c1ccco1. The van der Waals surface area contributed by atoms with Gasteiger partial charge in [0.1, 0.15) is 23.6 Å². The Labute approximate surface area is 227 Å². The Morgan fingerprint density at radius 1 is 0.450 bits per heavy atom. The molecule has 10 nitrogen and oxygen atoms in total. The van der Waals surface area contributed by atoms with Crippen molar-refractivity contribution in [2.24, 2.45) is 11.8 Å². The van der Waals surface area contributed by atoms with Crippen molar-refractivity contribution in [2.75, 3.05) is 9.80 Å². The molecule has 4 saturated heterocycles. The van der Waals surface area contributed by atoms with Crippen molar-refractivity contribution in [1.82, 2.24) is 10.0 Å². The van der Waals surface area contributed by atoms with Crippen LogP contribution in [0.4, 0.5) is 11.4 Å². The summed E-state index contributed by atoms with van der Waals surface area (Å²) in [7, 11) is 0. The molecular formula is C30H22N4O6. The van der Waals surface area contributed by atoms with Gasteiger partial charge in [-0.25, -0.2) is 19.8 Å². The van der Waals surface area contributed by atoms with E-state index in [4.69, 9.17) is 8.83 Å². The predicted octanol–water partition coefficient (Wildman–Crippen LogP) is 3.32. The zero-order chi connectivity index (χ0) is 27.1. The van der Waals surface area contributed by atoms with Gasteiger partial charge in [-0.05, 0) is 48.5 Å². The third kappa shape index (κ3) is 2.89. The van der Waals surface area contributed by atoms with Crippen molar-refractivity contribution < 1.29 is 28.0 Å². The van der Waals surface area contributed by atoms with E-state index in [0.717, 1.165) is 0 Å². The number of fused-ring (bicyclic) bond motifs is 5. The van der Waals surface area contributed by atoms with Gasteiger partial charge in [0.25, 0.3) is 11.8 Å². The molecule has 0 spiro atoms. The fourth-order valence-electron chi connectivity index (χ4n) is 6.97. The second-order valence-corrected chi connectivity index (χ2v) is 10.3. The molecule has 0 radical (unpaired) electrons. The van der Waals surface area contributed by atoms with Crippen LogP contribution in [0.25, 0.3) is 0 Å². The summed E-state index contributed by atoms with van der Waals surface area (Å²) in [6, 6.07) is 20.9. The molecule has 4 aliphatic heterocycles. The second kappa shape index (κ2) is 8.35. The number of amides is 4. The Kier molecular flexibility index (Phi) is 4.82. The molecule has 198 valence electrons. The van der Waals surface area contributed by atoms with Crippen LogP contribution in [-0.4, -0.2) is 45.7 Å². The van der Waals surface area contributed by atoms with Gasteiger partial charge in [0.05, 0.1) is 47.8 Å². The average molecular weight is 535 g/mol. The lowest BCUT2D eigenvalue weighted by Gasteiger charge is -2.34. The van der Waals surface area contributed by atoms with Gasteiger partial charge in [0.2, 0.25) is 11.8 Å². The number of anilines is 2. The summed E-state index contributed by atoms with van der Waals surface area (Å²) in [4.78, 5) is 58.8. The molecule has 2 aromatic carbocycles. The minimum Gasteiger partial charge on any atom is -0.468 e. The predicted molar refractivity (Wildman–Crippen MR) is 139 cm³/mol. The first-order valence-electron chi connectivity index (χ1n) is 13.1. The van der Waals surface area contributed by atoms with Crippen LogP contribution in [0.2, 0.25) is 0 Å². The Hall–Kier alpha value is -4.80. The molecule has 0 saturated carbocycles. The number of benzene rings is 2. The molecule has 2 aromatic heterocycles. The fourth-order valence-corrected chi connectivity index (χ4v) is 6.97. The smallest absolute Gasteiger partial charge is 0.253 e. The lowest BCUT2D eigenvalue weighted by molar-refractivity contribution is -0.136. The van der Waals surface area contributed by atoms with E-state index in [1.807, 2.05) is 12.1 Å². The normalized spacial score (nSPS) is 29.9. The number of imide groups is 2. The number of rotatable bonds is 4. The molecule has 40 heavy (non-hydrogen) atoms. The van der Waals surface area contributed by atoms with Crippen molar-refractivity contribution in [3.8, 4) is 0 Å². The monoisotopic (exact) mass is 534 g/mol. The minimum atomic E-state index is -0.964. The van der Waals surface area contributed by atoms with Crippen molar-refractivity contribution in [3.63, 3.8) is 0 Å². The molecule has 4 aromatic rings. The summed E-state index contributed by atoms with van der Waals surface area (Å²) in [5.41, 5.74) is 0.931. The number of carbonyl (C=O) groups is 4. The molecule has 6 atom stereocenters. The summed E-state index contributed by atoms with van der Waals surface area (Å²) < 4.78 is 11.6. The number of para-hydroxylation sites is 2. The summed E-state index contributed by atoms with van der Waals surface area (Å²) in [6.07, 6.45) is 3.00. The highest BCUT2D eigenvalue weighted by molar-refractivity contribution is 6.26. The van der Waals surface area contributed by atoms with E-state index in [1.54, 1.807) is 82.8 Å². The molecule has 4 amide bonds. The second-order valence-electron chi connectivity index (χ2n) is 10.3. The highest BCUT2D eigenvalue weighted by Gasteiger charge is 2.74. The Balaban J connectivity index is 1.32. The van der Waals surface area contributed by atoms with Crippen molar-refractivity contribution in [2.45, 2.75) is 24.2 Å². The summed E-state index contributed by atoms with van der Waals surface area (Å²) in [5.74, 6) is -2.48. The highest BCUT2D eigenvalue weighted by atomic mass is 16.3. The van der Waals surface area contributed by atoms with E-state index < -0.39 is 47.8 Å². The number of hydrogen-bond acceptors (Lipinski definition) is 8. The molecule has 10 heteroatoms. The number of carbonyl (C=O) groups excluding carboxylic acids is 4. The van der Waals surface area contributed by atoms with E-state index in [0.29, 0.717) is 22.9 Å². The van der Waals surface area contributed by atoms with Gasteiger partial charge in [0, 0.05) is 0 Å². The van der Waals surface area contributed by atoms with Gasteiger partial charge < -0.3 is 8.83 Å². The van der Waals surface area contributed by atoms with E-state index >= 15 is 0 Å². The quantitative estimate of drug-likeness (QED) is 0.367. The molecule has 6 heterocycles. The number of furan rings is 2. The first-order valence-corrected chi connectivity index (χ1v) is 13.1. The van der Waals surface area contributed by atoms with Crippen LogP contribution in [0.15, 0.2) is 106 Å². The van der Waals surface area contributed by atoms with E-state index in [2.05, 4.69) is 0 Å². The molecule has 4 fully saturated rings. The average Bonchev–Trinajstić information content (AvgIpc) is 3.80. The number of nitrogens with zero attached hydrogens (tertiary/aromatic N) is 4. The maximum Gasteiger partial charge on any atom is 0.253 e. The maximum absolute atomic E-state index is 14.1. The number of hydrogen-bond donors (Lipinski definition) is 0. The molecule has 0 bridgehead atoms. The van der Waals surface area contributed by atoms with E-state index in [-0.39, 0.29) is 11.8 Å². The molecular weight excluding hydrogens is 512 g/mol. The third-order valence-corrected chi connectivity index (χ3v) is 8.42. The van der Waals surface area contributed by atoms with Gasteiger partial charge in [-0.1, -0.05) is 36.4 Å². The van der Waals surface area contributed by atoms with Crippen molar-refractivity contribution in [1.29, 1.82) is 0 Å². The largest absolute Gasteiger partial charge is 0.468 e. The first-order chi connectivity index (χ1) is 19.6. The molecule has 0 aliphatic carbocycles. The molecule has 8 rings (SSSR count). The van der Waals surface area contributed by atoms with E-state index in [9.17, 15) is 19.2 Å². The van der Waals surface area contributed by atoms with Gasteiger partial charge in [-0.2, -0.15) is 0 Å². The van der Waals surface area contributed by atoms with Crippen LogP contribution in [0, 0.1) is 11.8 Å². The summed E-state index contributed by atoms with van der Waals surface area (Å²) >= 11 is 0. The summed E-state index contributed by atoms with van der Waals surface area (Å²) in [6.45, 7) is 0. The molecule has 0 N–H and O–H groups in total. The topological polar surface area (TPSA) is 108 Å². The maximum atomic E-state index is 14.1. The molecule has 4 aliphatic rings. The van der Waals surface area contributed by atoms with Crippen LogP contribution in [0.1, 0.15) is 23.6 Å². The third-order valence-electron chi connectivity index (χ3n) is 8.42. The van der Waals surface area contributed by atoms with E-state index in [1.165, 1.54) is 22.3 Å². The van der Waals surface area contributed by atoms with Gasteiger partial charge in [-0.15, -0.1) is 0 Å².